The van der Waals surface area contributed by atoms with Crippen molar-refractivity contribution in [2.75, 3.05) is 0 Å². The lowest BCUT2D eigenvalue weighted by atomic mass is 10.0. The van der Waals surface area contributed by atoms with Crippen LogP contribution >= 0.6 is 44.1 Å². The minimum atomic E-state index is -0.364. The van der Waals surface area contributed by atoms with Crippen molar-refractivity contribution >= 4 is 55.2 Å². The molecule has 0 atom stereocenters. The maximum Gasteiger partial charge on any atom is 0.279 e. The number of aromatic amines is 2. The summed E-state index contributed by atoms with van der Waals surface area (Å²) in [6, 6.07) is 15.5. The van der Waals surface area contributed by atoms with E-state index in [9.17, 15) is 4.79 Å². The minimum Gasteiger partial charge on any atom is -0.315 e. The topological polar surface area (TPSA) is 74.4 Å². The van der Waals surface area contributed by atoms with Crippen LogP contribution in [0.4, 0.5) is 0 Å². The Hall–Kier alpha value is -2.16. The van der Waals surface area contributed by atoms with Crippen molar-refractivity contribution < 1.29 is 0 Å². The first kappa shape index (κ1) is 17.3. The third-order valence-corrected chi connectivity index (χ3v) is 5.07. The van der Waals surface area contributed by atoms with Gasteiger partial charge in [0, 0.05) is 20.1 Å². The first-order valence-corrected chi connectivity index (χ1v) is 9.57. The number of H-pyrrole nitrogens is 2. The van der Waals surface area contributed by atoms with Gasteiger partial charge in [-0.25, -0.2) is 9.97 Å². The maximum absolute atomic E-state index is 12.3. The standard InChI is InChI=1S/C18H10Br2N4OS/c19-11-5-1-9(2-6-11)13-14(10-3-7-12(20)8-4-10)22-16-15(21-13)17(25)24-18(26)23-16/h1-8H,(H2,22,23,24,25,26). The van der Waals surface area contributed by atoms with E-state index in [1.807, 2.05) is 48.5 Å². The third-order valence-electron chi connectivity index (χ3n) is 3.81. The molecule has 0 saturated carbocycles. The van der Waals surface area contributed by atoms with Gasteiger partial charge in [0.25, 0.3) is 5.56 Å². The Morgan fingerprint density at radius 3 is 1.81 bits per heavy atom. The van der Waals surface area contributed by atoms with E-state index in [0.717, 1.165) is 20.1 Å². The molecule has 128 valence electrons. The lowest BCUT2D eigenvalue weighted by Gasteiger charge is -2.10. The fourth-order valence-corrected chi connectivity index (χ4v) is 3.32. The molecule has 0 radical (unpaired) electrons. The van der Waals surface area contributed by atoms with Gasteiger partial charge >= 0.3 is 0 Å². The van der Waals surface area contributed by atoms with Crippen LogP contribution in [0.25, 0.3) is 33.7 Å². The number of halogens is 2. The number of benzene rings is 2. The molecule has 0 aliphatic carbocycles. The van der Waals surface area contributed by atoms with Gasteiger partial charge < -0.3 is 4.98 Å². The first-order chi connectivity index (χ1) is 12.5. The smallest absolute Gasteiger partial charge is 0.279 e. The van der Waals surface area contributed by atoms with Gasteiger partial charge in [0.15, 0.2) is 15.9 Å². The van der Waals surface area contributed by atoms with Gasteiger partial charge in [-0.2, -0.15) is 0 Å². The van der Waals surface area contributed by atoms with Crippen molar-refractivity contribution in [3.63, 3.8) is 0 Å². The maximum atomic E-state index is 12.3. The molecule has 0 aliphatic rings. The highest BCUT2D eigenvalue weighted by Crippen LogP contribution is 2.31. The van der Waals surface area contributed by atoms with E-state index in [1.54, 1.807) is 0 Å². The molecular formula is C18H10Br2N4OS. The number of aromatic nitrogens is 4. The average molecular weight is 490 g/mol. The molecule has 8 heteroatoms. The summed E-state index contributed by atoms with van der Waals surface area (Å²) in [6.07, 6.45) is 0. The van der Waals surface area contributed by atoms with Crippen molar-refractivity contribution in [1.29, 1.82) is 0 Å². The summed E-state index contributed by atoms with van der Waals surface area (Å²) in [4.78, 5) is 27.0. The van der Waals surface area contributed by atoms with Gasteiger partial charge in [-0.15, -0.1) is 0 Å². The summed E-state index contributed by atoms with van der Waals surface area (Å²) in [5.41, 5.74) is 3.27. The molecule has 2 aromatic carbocycles. The molecule has 0 fully saturated rings. The molecule has 0 amide bonds. The summed E-state index contributed by atoms with van der Waals surface area (Å²) in [7, 11) is 0. The summed E-state index contributed by atoms with van der Waals surface area (Å²) in [5.74, 6) is 0. The molecule has 4 rings (SSSR count). The summed E-state index contributed by atoms with van der Waals surface area (Å²) in [6.45, 7) is 0. The predicted octanol–water partition coefficient (Wildman–Crippen LogP) is 5.23. The Bertz CT molecular complexity index is 1230. The van der Waals surface area contributed by atoms with Gasteiger partial charge in [-0.05, 0) is 36.5 Å². The molecule has 5 nitrogen and oxygen atoms in total. The fraction of sp³-hybridized carbons (Fsp3) is 0. The van der Waals surface area contributed by atoms with E-state index in [0.29, 0.717) is 17.0 Å². The SMILES string of the molecule is O=c1[nH]c(=S)[nH]c2nc(-c3ccc(Br)cc3)c(-c3ccc(Br)cc3)nc12. The van der Waals surface area contributed by atoms with E-state index in [2.05, 4.69) is 51.8 Å². The molecule has 0 unspecified atom stereocenters. The molecule has 26 heavy (non-hydrogen) atoms. The van der Waals surface area contributed by atoms with E-state index in [-0.39, 0.29) is 15.8 Å². The van der Waals surface area contributed by atoms with Gasteiger partial charge in [0.1, 0.15) is 0 Å². The third kappa shape index (κ3) is 3.27. The second-order valence-corrected chi connectivity index (χ2v) is 7.78. The monoisotopic (exact) mass is 488 g/mol. The van der Waals surface area contributed by atoms with E-state index in [1.165, 1.54) is 0 Å². The molecular weight excluding hydrogens is 480 g/mol. The number of hydrogen-bond donors (Lipinski definition) is 2. The van der Waals surface area contributed by atoms with Gasteiger partial charge in [0.05, 0.1) is 11.4 Å². The van der Waals surface area contributed by atoms with Crippen LogP contribution < -0.4 is 5.56 Å². The van der Waals surface area contributed by atoms with Crippen LogP contribution in [-0.4, -0.2) is 19.9 Å². The van der Waals surface area contributed by atoms with Gasteiger partial charge in [-0.3, -0.25) is 9.78 Å². The Kier molecular flexibility index (Phi) is 4.56. The lowest BCUT2D eigenvalue weighted by molar-refractivity contribution is 1.09. The molecule has 2 aromatic heterocycles. The molecule has 0 spiro atoms. The van der Waals surface area contributed by atoms with Crippen molar-refractivity contribution in [3.05, 3.63) is 72.6 Å². The lowest BCUT2D eigenvalue weighted by Crippen LogP contribution is -2.12. The second-order valence-electron chi connectivity index (χ2n) is 5.54. The zero-order valence-corrected chi connectivity index (χ0v) is 17.1. The zero-order chi connectivity index (χ0) is 18.3. The summed E-state index contributed by atoms with van der Waals surface area (Å²) < 4.78 is 2.15. The molecule has 0 bridgehead atoms. The minimum absolute atomic E-state index is 0.218. The Balaban J connectivity index is 2.07. The quantitative estimate of drug-likeness (QED) is 0.378. The first-order valence-electron chi connectivity index (χ1n) is 7.57. The van der Waals surface area contributed by atoms with Crippen LogP contribution in [0.2, 0.25) is 0 Å². The Labute approximate surface area is 169 Å². The van der Waals surface area contributed by atoms with Gasteiger partial charge in [-0.1, -0.05) is 56.1 Å². The van der Waals surface area contributed by atoms with Crippen molar-refractivity contribution in [2.24, 2.45) is 0 Å². The number of nitrogens with zero attached hydrogens (tertiary/aromatic N) is 2. The summed E-state index contributed by atoms with van der Waals surface area (Å²) in [5, 5.41) is 0. The zero-order valence-electron chi connectivity index (χ0n) is 13.1. The van der Waals surface area contributed by atoms with Crippen LogP contribution in [-0.2, 0) is 0 Å². The average Bonchev–Trinajstić information content (AvgIpc) is 2.62. The second kappa shape index (κ2) is 6.86. The highest BCUT2D eigenvalue weighted by atomic mass is 79.9. The molecule has 0 aliphatic heterocycles. The van der Waals surface area contributed by atoms with E-state index in [4.69, 9.17) is 12.2 Å². The van der Waals surface area contributed by atoms with Crippen LogP contribution in [0.1, 0.15) is 0 Å². The van der Waals surface area contributed by atoms with Crippen molar-refractivity contribution in [2.45, 2.75) is 0 Å². The normalized spacial score (nSPS) is 11.0. The molecule has 0 saturated heterocycles. The number of fused-ring (bicyclic) bond motifs is 1. The van der Waals surface area contributed by atoms with Gasteiger partial charge in [0.2, 0.25) is 0 Å². The number of nitrogens with one attached hydrogen (secondary N) is 2. The largest absolute Gasteiger partial charge is 0.315 e. The summed E-state index contributed by atoms with van der Waals surface area (Å²) >= 11 is 11.9. The molecule has 2 N–H and O–H groups in total. The number of rotatable bonds is 2. The van der Waals surface area contributed by atoms with E-state index >= 15 is 0 Å². The molecule has 4 aromatic rings. The van der Waals surface area contributed by atoms with Crippen LogP contribution in [0.3, 0.4) is 0 Å². The molecule has 2 heterocycles. The van der Waals surface area contributed by atoms with Crippen LogP contribution in [0.5, 0.6) is 0 Å². The Morgan fingerprint density at radius 2 is 1.27 bits per heavy atom. The predicted molar refractivity (Wildman–Crippen MR) is 112 cm³/mol. The van der Waals surface area contributed by atoms with Crippen LogP contribution in [0, 0.1) is 4.77 Å². The Morgan fingerprint density at radius 1 is 0.769 bits per heavy atom. The van der Waals surface area contributed by atoms with Crippen molar-refractivity contribution in [1.82, 2.24) is 19.9 Å². The van der Waals surface area contributed by atoms with E-state index < -0.39 is 0 Å². The highest BCUT2D eigenvalue weighted by molar-refractivity contribution is 9.10. The van der Waals surface area contributed by atoms with Crippen LogP contribution in [0.15, 0.2) is 62.3 Å². The number of hydrogen-bond acceptors (Lipinski definition) is 4. The van der Waals surface area contributed by atoms with Crippen molar-refractivity contribution in [3.8, 4) is 22.5 Å². The highest BCUT2D eigenvalue weighted by Gasteiger charge is 2.15. The fourth-order valence-electron chi connectivity index (χ4n) is 2.60.